The lowest BCUT2D eigenvalue weighted by molar-refractivity contribution is 0.0283. The summed E-state index contributed by atoms with van der Waals surface area (Å²) in [6, 6.07) is 4.04. The third-order valence-electron chi connectivity index (χ3n) is 4.66. The van der Waals surface area contributed by atoms with Gasteiger partial charge in [0.1, 0.15) is 11.4 Å². The molecule has 3 atom stereocenters. The number of nitrogens with zero attached hydrogens (tertiary/aromatic N) is 3. The number of hydrogen-bond donors (Lipinski definition) is 1. The van der Waals surface area contributed by atoms with E-state index >= 15 is 0 Å². The number of aromatic nitrogens is 1. The van der Waals surface area contributed by atoms with Crippen molar-refractivity contribution in [2.75, 3.05) is 30.8 Å². The third-order valence-corrected chi connectivity index (χ3v) is 4.66. The van der Waals surface area contributed by atoms with Gasteiger partial charge in [-0.05, 0) is 44.7 Å². The van der Waals surface area contributed by atoms with Crippen LogP contribution in [0.1, 0.15) is 34.6 Å². The fraction of sp³-hybridized carbons (Fsp3) is 0.667. The zero-order chi connectivity index (χ0) is 18.1. The molecule has 1 aromatic heterocycles. The van der Waals surface area contributed by atoms with Gasteiger partial charge in [0.05, 0.1) is 11.9 Å². The summed E-state index contributed by atoms with van der Waals surface area (Å²) in [6.45, 7) is 11.7. The summed E-state index contributed by atoms with van der Waals surface area (Å²) in [5.74, 6) is 1.52. The number of ether oxygens (including phenoxy) is 1. The van der Waals surface area contributed by atoms with Crippen LogP contribution in [0.4, 0.5) is 16.3 Å². The van der Waals surface area contributed by atoms with Crippen molar-refractivity contribution in [2.45, 2.75) is 46.3 Å². The smallest absolute Gasteiger partial charge is 0.410 e. The van der Waals surface area contributed by atoms with Gasteiger partial charge in [0, 0.05) is 26.2 Å². The van der Waals surface area contributed by atoms with Crippen molar-refractivity contribution in [1.29, 1.82) is 0 Å². The van der Waals surface area contributed by atoms with E-state index in [0.29, 0.717) is 24.2 Å². The van der Waals surface area contributed by atoms with Gasteiger partial charge < -0.3 is 20.3 Å². The van der Waals surface area contributed by atoms with E-state index in [1.165, 1.54) is 0 Å². The summed E-state index contributed by atoms with van der Waals surface area (Å²) >= 11 is 0. The second-order valence-corrected chi connectivity index (χ2v) is 7.86. The Morgan fingerprint density at radius 2 is 2.08 bits per heavy atom. The van der Waals surface area contributed by atoms with Crippen LogP contribution in [-0.4, -0.2) is 47.8 Å². The molecule has 0 spiro atoms. The van der Waals surface area contributed by atoms with E-state index in [2.05, 4.69) is 23.7 Å². The number of likely N-dealkylation sites (N-methyl/N-ethyl adjacent to an activating group) is 1. The molecule has 1 aliphatic heterocycles. The molecule has 1 fully saturated rings. The van der Waals surface area contributed by atoms with Gasteiger partial charge in [0.15, 0.2) is 0 Å². The molecule has 2 N–H and O–H groups in total. The first-order chi connectivity index (χ1) is 11.1. The summed E-state index contributed by atoms with van der Waals surface area (Å²) < 4.78 is 5.47. The van der Waals surface area contributed by atoms with Crippen LogP contribution in [0.5, 0.6) is 0 Å². The maximum absolute atomic E-state index is 12.3. The number of amides is 1. The predicted octanol–water partition coefficient (Wildman–Crippen LogP) is 2.99. The zero-order valence-corrected chi connectivity index (χ0v) is 15.6. The van der Waals surface area contributed by atoms with E-state index < -0.39 is 5.60 Å². The third kappa shape index (κ3) is 4.30. The van der Waals surface area contributed by atoms with Crippen LogP contribution in [0.15, 0.2) is 18.3 Å². The number of nitrogen functional groups attached to an aromatic ring is 1. The number of anilines is 2. The fourth-order valence-electron chi connectivity index (χ4n) is 3.10. The Kier molecular flexibility index (Phi) is 5.26. The molecule has 0 aromatic carbocycles. The Morgan fingerprint density at radius 3 is 2.62 bits per heavy atom. The molecule has 0 saturated carbocycles. The van der Waals surface area contributed by atoms with E-state index in [0.717, 1.165) is 12.2 Å². The molecule has 1 amide bonds. The Labute approximate surface area is 145 Å². The maximum Gasteiger partial charge on any atom is 0.410 e. The first-order valence-corrected chi connectivity index (χ1v) is 8.51. The minimum Gasteiger partial charge on any atom is -0.444 e. The largest absolute Gasteiger partial charge is 0.444 e. The molecule has 2 heterocycles. The van der Waals surface area contributed by atoms with Gasteiger partial charge in [-0.1, -0.05) is 13.8 Å². The molecule has 6 heteroatoms. The second kappa shape index (κ2) is 6.87. The van der Waals surface area contributed by atoms with Crippen molar-refractivity contribution in [3.63, 3.8) is 0 Å². The minimum absolute atomic E-state index is 0.225. The Morgan fingerprint density at radius 1 is 1.42 bits per heavy atom. The molecule has 1 saturated heterocycles. The number of hydrogen-bond acceptors (Lipinski definition) is 5. The van der Waals surface area contributed by atoms with Gasteiger partial charge in [-0.3, -0.25) is 0 Å². The highest BCUT2D eigenvalue weighted by molar-refractivity contribution is 5.68. The number of carbonyl (C=O) groups is 1. The lowest BCUT2D eigenvalue weighted by Crippen LogP contribution is -2.45. The quantitative estimate of drug-likeness (QED) is 0.920. The van der Waals surface area contributed by atoms with Crippen LogP contribution < -0.4 is 10.6 Å². The molecular formula is C18H30N4O2. The molecule has 24 heavy (non-hydrogen) atoms. The van der Waals surface area contributed by atoms with E-state index in [1.54, 1.807) is 18.1 Å². The molecule has 134 valence electrons. The van der Waals surface area contributed by atoms with Gasteiger partial charge in [-0.15, -0.1) is 0 Å². The summed E-state index contributed by atoms with van der Waals surface area (Å²) in [4.78, 5) is 20.5. The topological polar surface area (TPSA) is 71.7 Å². The molecule has 2 unspecified atom stereocenters. The molecule has 2 rings (SSSR count). The van der Waals surface area contributed by atoms with Crippen LogP contribution >= 0.6 is 0 Å². The molecule has 6 nitrogen and oxygen atoms in total. The standard InChI is InChI=1S/C18H30N4O2/c1-12-10-22(14-7-8-16(19)20-9-14)15(13(12)2)11-21(6)17(23)24-18(3,4)5/h7-9,12-13,15H,10-11H2,1-6H3,(H2,19,20)/t12?,13-,15?/m0/s1. The Bertz CT molecular complexity index is 567. The van der Waals surface area contributed by atoms with Gasteiger partial charge in [-0.2, -0.15) is 0 Å². The van der Waals surface area contributed by atoms with Crippen molar-refractivity contribution in [3.05, 3.63) is 18.3 Å². The fourth-order valence-corrected chi connectivity index (χ4v) is 3.10. The minimum atomic E-state index is -0.486. The zero-order valence-electron chi connectivity index (χ0n) is 15.6. The SMILES string of the molecule is CC1CN(c2ccc(N)nc2)C(CN(C)C(=O)OC(C)(C)C)[C@H]1C. The summed E-state index contributed by atoms with van der Waals surface area (Å²) in [6.07, 6.45) is 1.52. The summed E-state index contributed by atoms with van der Waals surface area (Å²) in [5, 5.41) is 0. The van der Waals surface area contributed by atoms with Gasteiger partial charge in [0.2, 0.25) is 0 Å². The van der Waals surface area contributed by atoms with Crippen molar-refractivity contribution >= 4 is 17.6 Å². The highest BCUT2D eigenvalue weighted by Gasteiger charge is 2.38. The molecule has 0 bridgehead atoms. The predicted molar refractivity (Wildman–Crippen MR) is 97.0 cm³/mol. The van der Waals surface area contributed by atoms with Crippen LogP contribution in [0.3, 0.4) is 0 Å². The number of carbonyl (C=O) groups excluding carboxylic acids is 1. The Balaban J connectivity index is 2.12. The number of rotatable bonds is 3. The summed E-state index contributed by atoms with van der Waals surface area (Å²) in [7, 11) is 1.79. The highest BCUT2D eigenvalue weighted by Crippen LogP contribution is 2.34. The second-order valence-electron chi connectivity index (χ2n) is 7.86. The van der Waals surface area contributed by atoms with Crippen molar-refractivity contribution in [2.24, 2.45) is 11.8 Å². The number of nitrogens with two attached hydrogens (primary N) is 1. The van der Waals surface area contributed by atoms with Gasteiger partial charge in [0.25, 0.3) is 0 Å². The molecule has 0 aliphatic carbocycles. The van der Waals surface area contributed by atoms with Crippen LogP contribution in [0, 0.1) is 11.8 Å². The number of pyridine rings is 1. The van der Waals surface area contributed by atoms with E-state index in [1.807, 2.05) is 32.9 Å². The van der Waals surface area contributed by atoms with E-state index in [9.17, 15) is 4.79 Å². The van der Waals surface area contributed by atoms with Crippen molar-refractivity contribution in [3.8, 4) is 0 Å². The van der Waals surface area contributed by atoms with Crippen LogP contribution in [0.25, 0.3) is 0 Å². The van der Waals surface area contributed by atoms with Crippen LogP contribution in [-0.2, 0) is 4.74 Å². The van der Waals surface area contributed by atoms with E-state index in [4.69, 9.17) is 10.5 Å². The van der Waals surface area contributed by atoms with E-state index in [-0.39, 0.29) is 12.1 Å². The highest BCUT2D eigenvalue weighted by atomic mass is 16.6. The monoisotopic (exact) mass is 334 g/mol. The summed E-state index contributed by atoms with van der Waals surface area (Å²) in [5.41, 5.74) is 6.25. The van der Waals surface area contributed by atoms with Gasteiger partial charge in [-0.25, -0.2) is 9.78 Å². The van der Waals surface area contributed by atoms with Gasteiger partial charge >= 0.3 is 6.09 Å². The molecule has 1 aliphatic rings. The van der Waals surface area contributed by atoms with Crippen LogP contribution in [0.2, 0.25) is 0 Å². The average molecular weight is 334 g/mol. The molecule has 0 radical (unpaired) electrons. The average Bonchev–Trinajstić information content (AvgIpc) is 2.74. The molecular weight excluding hydrogens is 304 g/mol. The normalized spacial score (nSPS) is 24.1. The first-order valence-electron chi connectivity index (χ1n) is 8.51. The lowest BCUT2D eigenvalue weighted by atomic mass is 9.94. The molecule has 1 aromatic rings. The van der Waals surface area contributed by atoms with Crippen molar-refractivity contribution in [1.82, 2.24) is 9.88 Å². The lowest BCUT2D eigenvalue weighted by Gasteiger charge is -2.33. The maximum atomic E-state index is 12.3. The first kappa shape index (κ1) is 18.4. The van der Waals surface area contributed by atoms with Crippen molar-refractivity contribution < 1.29 is 9.53 Å². The Hall–Kier alpha value is -1.98.